The van der Waals surface area contributed by atoms with Crippen LogP contribution in [0.4, 0.5) is 0 Å². The standard InChI is InChI=1S/C45H28S/c1-2-15-31(16-3-1)45(39-22-10-7-19-34(39)36-28-25-29-13-4-5-17-32(29)44(36)45)38-21-9-6-18-33(38)35-27-26-30-14-12-24-41-42(30)43(35)37-20-8-11-23-40(37)46-41/h1-28H. The Balaban J connectivity index is 1.39. The summed E-state index contributed by atoms with van der Waals surface area (Å²) in [5.41, 5.74) is 12.6. The van der Waals surface area contributed by atoms with E-state index in [0.717, 1.165) is 0 Å². The van der Waals surface area contributed by atoms with Crippen molar-refractivity contribution in [2.75, 3.05) is 0 Å². The van der Waals surface area contributed by atoms with Crippen LogP contribution in [0.2, 0.25) is 0 Å². The van der Waals surface area contributed by atoms with Gasteiger partial charge in [-0.3, -0.25) is 0 Å². The van der Waals surface area contributed by atoms with Gasteiger partial charge in [-0.25, -0.2) is 0 Å². The van der Waals surface area contributed by atoms with Crippen molar-refractivity contribution in [1.29, 1.82) is 0 Å². The molecule has 0 saturated carbocycles. The molecular weight excluding hydrogens is 573 g/mol. The van der Waals surface area contributed by atoms with Crippen molar-refractivity contribution in [1.82, 2.24) is 0 Å². The second-order valence-electron chi connectivity index (χ2n) is 12.4. The fourth-order valence-electron chi connectivity index (χ4n) is 8.36. The lowest BCUT2D eigenvalue weighted by atomic mass is 9.64. The summed E-state index contributed by atoms with van der Waals surface area (Å²) in [7, 11) is 0. The third-order valence-corrected chi connectivity index (χ3v) is 11.3. The van der Waals surface area contributed by atoms with Crippen LogP contribution in [-0.4, -0.2) is 0 Å². The molecule has 46 heavy (non-hydrogen) atoms. The summed E-state index contributed by atoms with van der Waals surface area (Å²) in [6.45, 7) is 0. The van der Waals surface area contributed by atoms with Crippen LogP contribution in [0.25, 0.3) is 54.9 Å². The summed E-state index contributed by atoms with van der Waals surface area (Å²) in [6, 6.07) is 63.4. The number of hydrogen-bond donors (Lipinski definition) is 0. The Bertz CT molecular complexity index is 2510. The van der Waals surface area contributed by atoms with Crippen molar-refractivity contribution in [2.45, 2.75) is 15.2 Å². The van der Waals surface area contributed by atoms with E-state index in [4.69, 9.17) is 0 Å². The van der Waals surface area contributed by atoms with Gasteiger partial charge in [0, 0.05) is 15.2 Å². The minimum absolute atomic E-state index is 0.519. The van der Waals surface area contributed by atoms with Gasteiger partial charge in [0.2, 0.25) is 0 Å². The van der Waals surface area contributed by atoms with Crippen LogP contribution in [0.15, 0.2) is 180 Å². The van der Waals surface area contributed by atoms with E-state index < -0.39 is 5.41 Å². The predicted molar refractivity (Wildman–Crippen MR) is 194 cm³/mol. The Morgan fingerprint density at radius 2 is 0.957 bits per heavy atom. The molecule has 0 saturated heterocycles. The Labute approximate surface area is 273 Å². The lowest BCUT2D eigenvalue weighted by Crippen LogP contribution is -2.29. The van der Waals surface area contributed by atoms with E-state index in [0.29, 0.717) is 0 Å². The second kappa shape index (κ2) is 9.81. The molecule has 0 aromatic heterocycles. The molecule has 214 valence electrons. The maximum Gasteiger partial charge on any atom is 0.0725 e. The zero-order valence-corrected chi connectivity index (χ0v) is 25.9. The van der Waals surface area contributed by atoms with E-state index in [1.54, 1.807) is 0 Å². The third-order valence-electron chi connectivity index (χ3n) is 10.1. The number of benzene rings is 8. The fraction of sp³-hybridized carbons (Fsp3) is 0.0222. The molecule has 1 heterocycles. The monoisotopic (exact) mass is 600 g/mol. The topological polar surface area (TPSA) is 0 Å². The van der Waals surface area contributed by atoms with Crippen molar-refractivity contribution in [2.24, 2.45) is 0 Å². The quantitative estimate of drug-likeness (QED) is 0.194. The molecule has 1 unspecified atom stereocenters. The summed E-state index contributed by atoms with van der Waals surface area (Å²) in [4.78, 5) is 2.64. The molecule has 2 aliphatic rings. The highest BCUT2D eigenvalue weighted by atomic mass is 32.2. The second-order valence-corrected chi connectivity index (χ2v) is 13.4. The maximum atomic E-state index is 2.39. The van der Waals surface area contributed by atoms with E-state index in [1.807, 2.05) is 11.8 Å². The maximum absolute atomic E-state index is 2.39. The van der Waals surface area contributed by atoms with Crippen molar-refractivity contribution in [3.05, 3.63) is 192 Å². The van der Waals surface area contributed by atoms with Gasteiger partial charge in [-0.2, -0.15) is 0 Å². The smallest absolute Gasteiger partial charge is 0.0725 e. The molecule has 0 N–H and O–H groups in total. The van der Waals surface area contributed by atoms with E-state index in [1.165, 1.54) is 87.0 Å². The van der Waals surface area contributed by atoms with Gasteiger partial charge in [0.05, 0.1) is 5.41 Å². The molecule has 8 aromatic rings. The molecule has 8 aromatic carbocycles. The highest BCUT2D eigenvalue weighted by Gasteiger charge is 2.48. The van der Waals surface area contributed by atoms with Gasteiger partial charge in [-0.1, -0.05) is 169 Å². The summed E-state index contributed by atoms with van der Waals surface area (Å²) >= 11 is 1.89. The van der Waals surface area contributed by atoms with Gasteiger partial charge < -0.3 is 0 Å². The van der Waals surface area contributed by atoms with Crippen LogP contribution >= 0.6 is 11.8 Å². The highest BCUT2D eigenvalue weighted by Crippen LogP contribution is 2.60. The van der Waals surface area contributed by atoms with E-state index in [2.05, 4.69) is 170 Å². The molecule has 1 heteroatoms. The zero-order valence-electron chi connectivity index (χ0n) is 25.1. The average molecular weight is 601 g/mol. The van der Waals surface area contributed by atoms with Crippen LogP contribution in [0.1, 0.15) is 22.3 Å². The lowest BCUT2D eigenvalue weighted by Gasteiger charge is -2.37. The first-order valence-electron chi connectivity index (χ1n) is 15.9. The SMILES string of the molecule is c1ccc(C2(c3ccccc3-c3ccc4cccc5c4c3-c3ccccc3S5)c3ccccc3-c3ccc4ccccc4c32)cc1. The first-order chi connectivity index (χ1) is 22.8. The van der Waals surface area contributed by atoms with Gasteiger partial charge in [0.1, 0.15) is 0 Å². The molecule has 0 nitrogen and oxygen atoms in total. The van der Waals surface area contributed by atoms with Gasteiger partial charge >= 0.3 is 0 Å². The minimum atomic E-state index is -0.519. The minimum Gasteiger partial charge on any atom is -0.0888 e. The van der Waals surface area contributed by atoms with Crippen molar-refractivity contribution >= 4 is 33.3 Å². The van der Waals surface area contributed by atoms with Gasteiger partial charge in [-0.15, -0.1) is 0 Å². The zero-order chi connectivity index (χ0) is 30.2. The van der Waals surface area contributed by atoms with Crippen LogP contribution in [0.5, 0.6) is 0 Å². The first kappa shape index (κ1) is 25.9. The summed E-state index contributed by atoms with van der Waals surface area (Å²) in [5.74, 6) is 0. The Morgan fingerprint density at radius 3 is 1.78 bits per heavy atom. The molecule has 1 aliphatic heterocycles. The van der Waals surface area contributed by atoms with Gasteiger partial charge in [-0.05, 0) is 83.9 Å². The predicted octanol–water partition coefficient (Wildman–Crippen LogP) is 12.2. The molecule has 0 spiro atoms. The van der Waals surface area contributed by atoms with E-state index in [-0.39, 0.29) is 0 Å². The summed E-state index contributed by atoms with van der Waals surface area (Å²) < 4.78 is 0. The average Bonchev–Trinajstić information content (AvgIpc) is 3.44. The van der Waals surface area contributed by atoms with Crippen molar-refractivity contribution < 1.29 is 0 Å². The number of hydrogen-bond acceptors (Lipinski definition) is 1. The molecule has 10 rings (SSSR count). The van der Waals surface area contributed by atoms with Crippen LogP contribution < -0.4 is 0 Å². The largest absolute Gasteiger partial charge is 0.0888 e. The molecular formula is C45H28S. The molecule has 0 radical (unpaired) electrons. The summed E-state index contributed by atoms with van der Waals surface area (Å²) in [6.07, 6.45) is 0. The molecule has 0 fully saturated rings. The van der Waals surface area contributed by atoms with Crippen molar-refractivity contribution in [3.8, 4) is 33.4 Å². The van der Waals surface area contributed by atoms with Gasteiger partial charge in [0.15, 0.2) is 0 Å². The van der Waals surface area contributed by atoms with Gasteiger partial charge in [0.25, 0.3) is 0 Å². The molecule has 0 amide bonds. The molecule has 1 atom stereocenters. The van der Waals surface area contributed by atoms with Crippen molar-refractivity contribution in [3.63, 3.8) is 0 Å². The normalized spacial score (nSPS) is 15.8. The third kappa shape index (κ3) is 3.41. The van der Waals surface area contributed by atoms with Crippen LogP contribution in [0, 0.1) is 0 Å². The van der Waals surface area contributed by atoms with Crippen LogP contribution in [-0.2, 0) is 5.41 Å². The lowest BCUT2D eigenvalue weighted by molar-refractivity contribution is 0.777. The van der Waals surface area contributed by atoms with E-state index >= 15 is 0 Å². The number of fused-ring (bicyclic) bond motifs is 7. The molecule has 0 bridgehead atoms. The van der Waals surface area contributed by atoms with Crippen LogP contribution in [0.3, 0.4) is 0 Å². The Hall–Kier alpha value is -5.37. The molecule has 1 aliphatic carbocycles. The number of rotatable bonds is 3. The van der Waals surface area contributed by atoms with E-state index in [9.17, 15) is 0 Å². The fourth-order valence-corrected chi connectivity index (χ4v) is 9.50. The highest BCUT2D eigenvalue weighted by molar-refractivity contribution is 7.99. The first-order valence-corrected chi connectivity index (χ1v) is 16.8. The summed E-state index contributed by atoms with van der Waals surface area (Å²) in [5, 5.41) is 5.21. The Kier molecular flexibility index (Phi) is 5.53. The Morgan fingerprint density at radius 1 is 0.370 bits per heavy atom.